The minimum atomic E-state index is -0.628. The highest BCUT2D eigenvalue weighted by atomic mass is 16.2. The highest BCUT2D eigenvalue weighted by molar-refractivity contribution is 6.35. The highest BCUT2D eigenvalue weighted by Crippen LogP contribution is 2.24. The Morgan fingerprint density at radius 3 is 2.19 bits per heavy atom. The van der Waals surface area contributed by atoms with E-state index < -0.39 is 11.8 Å². The molecule has 0 bridgehead atoms. The molecule has 1 fully saturated rings. The number of amides is 2. The van der Waals surface area contributed by atoms with E-state index in [0.717, 1.165) is 43.0 Å². The fourth-order valence-electron chi connectivity index (χ4n) is 3.62. The summed E-state index contributed by atoms with van der Waals surface area (Å²) >= 11 is 0. The van der Waals surface area contributed by atoms with E-state index >= 15 is 0 Å². The zero-order chi connectivity index (χ0) is 22.2. The van der Waals surface area contributed by atoms with Gasteiger partial charge in [-0.25, -0.2) is 0 Å². The zero-order valence-corrected chi connectivity index (χ0v) is 18.5. The van der Waals surface area contributed by atoms with Crippen LogP contribution in [0.1, 0.15) is 17.2 Å². The number of piperazine rings is 1. The molecule has 0 radical (unpaired) electrons. The number of hydrogen-bond donors (Lipinski definition) is 2. The van der Waals surface area contributed by atoms with Crippen LogP contribution in [0.3, 0.4) is 0 Å². The molecule has 1 aliphatic rings. The van der Waals surface area contributed by atoms with E-state index in [1.807, 2.05) is 14.1 Å². The molecule has 166 valence electrons. The van der Waals surface area contributed by atoms with Gasteiger partial charge in [-0.3, -0.25) is 19.5 Å². The van der Waals surface area contributed by atoms with E-state index in [1.165, 1.54) is 0 Å². The van der Waals surface area contributed by atoms with Gasteiger partial charge in [0.2, 0.25) is 0 Å². The second kappa shape index (κ2) is 10.9. The molecule has 2 heterocycles. The van der Waals surface area contributed by atoms with E-state index in [2.05, 4.69) is 61.6 Å². The molecule has 31 heavy (non-hydrogen) atoms. The van der Waals surface area contributed by atoms with Crippen LogP contribution in [-0.2, 0) is 16.1 Å². The number of likely N-dealkylation sites (N-methyl/N-ethyl adjacent to an activating group) is 1. The maximum atomic E-state index is 12.4. The summed E-state index contributed by atoms with van der Waals surface area (Å²) in [5, 5.41) is 5.50. The number of nitrogens with one attached hydrogen (secondary N) is 2. The van der Waals surface area contributed by atoms with E-state index in [-0.39, 0.29) is 6.04 Å². The fourth-order valence-corrected chi connectivity index (χ4v) is 3.62. The Morgan fingerprint density at radius 2 is 1.58 bits per heavy atom. The molecule has 2 N–H and O–H groups in total. The Hall–Kier alpha value is -2.97. The molecule has 0 spiro atoms. The van der Waals surface area contributed by atoms with Gasteiger partial charge in [-0.05, 0) is 42.4 Å². The molecule has 0 unspecified atom stereocenters. The van der Waals surface area contributed by atoms with Gasteiger partial charge in [-0.1, -0.05) is 12.1 Å². The molecule has 2 amide bonds. The first-order valence-electron chi connectivity index (χ1n) is 10.6. The van der Waals surface area contributed by atoms with Gasteiger partial charge in [-0.15, -0.1) is 0 Å². The smallest absolute Gasteiger partial charge is 0.309 e. The van der Waals surface area contributed by atoms with Crippen LogP contribution in [0.15, 0.2) is 48.8 Å². The van der Waals surface area contributed by atoms with Crippen LogP contribution >= 0.6 is 0 Å². The number of anilines is 1. The quantitative estimate of drug-likeness (QED) is 0.642. The van der Waals surface area contributed by atoms with Crippen molar-refractivity contribution in [1.82, 2.24) is 25.4 Å². The van der Waals surface area contributed by atoms with Crippen LogP contribution < -0.4 is 15.5 Å². The summed E-state index contributed by atoms with van der Waals surface area (Å²) in [4.78, 5) is 35.3. The molecule has 1 saturated heterocycles. The molecule has 8 heteroatoms. The first-order chi connectivity index (χ1) is 14.9. The third-order valence-electron chi connectivity index (χ3n) is 5.64. The van der Waals surface area contributed by atoms with Gasteiger partial charge < -0.3 is 20.4 Å². The van der Waals surface area contributed by atoms with Crippen LogP contribution in [0.2, 0.25) is 0 Å². The van der Waals surface area contributed by atoms with E-state index in [4.69, 9.17) is 0 Å². The minimum Gasteiger partial charge on any atom is -0.378 e. The molecule has 3 rings (SSSR count). The monoisotopic (exact) mass is 424 g/mol. The summed E-state index contributed by atoms with van der Waals surface area (Å²) in [6, 6.07) is 12.0. The second-order valence-corrected chi connectivity index (χ2v) is 8.09. The van der Waals surface area contributed by atoms with Crippen LogP contribution in [0.4, 0.5) is 5.69 Å². The molecule has 2 aromatic rings. The Balaban J connectivity index is 1.62. The van der Waals surface area contributed by atoms with Crippen molar-refractivity contribution in [1.29, 1.82) is 0 Å². The normalized spacial score (nSPS) is 15.8. The molecule has 0 saturated carbocycles. The van der Waals surface area contributed by atoms with Crippen molar-refractivity contribution in [2.75, 3.05) is 58.8 Å². The lowest BCUT2D eigenvalue weighted by Gasteiger charge is -2.38. The molecule has 1 atom stereocenters. The van der Waals surface area contributed by atoms with Gasteiger partial charge >= 0.3 is 11.8 Å². The summed E-state index contributed by atoms with van der Waals surface area (Å²) < 4.78 is 0. The molecule has 1 aliphatic heterocycles. The topological polar surface area (TPSA) is 80.8 Å². The summed E-state index contributed by atoms with van der Waals surface area (Å²) in [5.74, 6) is -1.24. The van der Waals surface area contributed by atoms with Crippen molar-refractivity contribution in [2.45, 2.75) is 12.6 Å². The Bertz CT molecular complexity index is 848. The Labute approximate surface area is 184 Å². The van der Waals surface area contributed by atoms with Gasteiger partial charge in [0.25, 0.3) is 0 Å². The molecule has 1 aromatic heterocycles. The van der Waals surface area contributed by atoms with Gasteiger partial charge in [0.1, 0.15) is 0 Å². The van der Waals surface area contributed by atoms with Crippen LogP contribution in [-0.4, -0.2) is 80.5 Å². The number of aromatic nitrogens is 1. The lowest BCUT2D eigenvalue weighted by atomic mass is 10.0. The third-order valence-corrected chi connectivity index (χ3v) is 5.64. The highest BCUT2D eigenvalue weighted by Gasteiger charge is 2.25. The van der Waals surface area contributed by atoms with Gasteiger partial charge in [0.05, 0.1) is 6.04 Å². The van der Waals surface area contributed by atoms with Crippen LogP contribution in [0, 0.1) is 0 Å². The summed E-state index contributed by atoms with van der Waals surface area (Å²) in [6.07, 6.45) is 3.31. The largest absolute Gasteiger partial charge is 0.378 e. The van der Waals surface area contributed by atoms with Crippen molar-refractivity contribution >= 4 is 17.5 Å². The van der Waals surface area contributed by atoms with Gasteiger partial charge in [0, 0.05) is 71.4 Å². The number of nitrogens with zero attached hydrogens (tertiary/aromatic N) is 4. The maximum Gasteiger partial charge on any atom is 0.309 e. The fraction of sp³-hybridized carbons (Fsp3) is 0.435. The Morgan fingerprint density at radius 1 is 0.968 bits per heavy atom. The SMILES string of the molecule is CN1CCN([C@H](CNC(=O)C(=O)NCc2ccncc2)c2ccc(N(C)C)cc2)CC1. The number of benzene rings is 1. The van der Waals surface area contributed by atoms with Crippen molar-refractivity contribution in [3.05, 3.63) is 59.9 Å². The molecular formula is C23H32N6O2. The summed E-state index contributed by atoms with van der Waals surface area (Å²) in [5.41, 5.74) is 3.15. The maximum absolute atomic E-state index is 12.4. The predicted molar refractivity (Wildman–Crippen MR) is 122 cm³/mol. The van der Waals surface area contributed by atoms with Crippen molar-refractivity contribution in [3.63, 3.8) is 0 Å². The summed E-state index contributed by atoms with van der Waals surface area (Å²) in [7, 11) is 6.14. The standard InChI is InChI=1S/C23H32N6O2/c1-27(2)20-6-4-19(5-7-20)21(29-14-12-28(3)13-15-29)17-26-23(31)22(30)25-16-18-8-10-24-11-9-18/h4-11,21H,12-17H2,1-3H3,(H,25,30)(H,26,31)/t21-/m1/s1. The van der Waals surface area contributed by atoms with Crippen LogP contribution in [0.5, 0.6) is 0 Å². The van der Waals surface area contributed by atoms with Crippen LogP contribution in [0.25, 0.3) is 0 Å². The Kier molecular flexibility index (Phi) is 7.97. The lowest BCUT2D eigenvalue weighted by Crippen LogP contribution is -2.49. The van der Waals surface area contributed by atoms with E-state index in [9.17, 15) is 9.59 Å². The first-order valence-corrected chi connectivity index (χ1v) is 10.6. The average molecular weight is 425 g/mol. The average Bonchev–Trinajstić information content (AvgIpc) is 2.79. The molecule has 0 aliphatic carbocycles. The van der Waals surface area contributed by atoms with Gasteiger partial charge in [0.15, 0.2) is 0 Å². The zero-order valence-electron chi connectivity index (χ0n) is 18.5. The number of hydrogen-bond acceptors (Lipinski definition) is 6. The second-order valence-electron chi connectivity index (χ2n) is 8.09. The molecule has 8 nitrogen and oxygen atoms in total. The molecular weight excluding hydrogens is 392 g/mol. The van der Waals surface area contributed by atoms with Crippen molar-refractivity contribution in [3.8, 4) is 0 Å². The van der Waals surface area contributed by atoms with E-state index in [0.29, 0.717) is 13.1 Å². The first kappa shape index (κ1) is 22.7. The summed E-state index contributed by atoms with van der Waals surface area (Å²) in [6.45, 7) is 4.47. The lowest BCUT2D eigenvalue weighted by molar-refractivity contribution is -0.139. The van der Waals surface area contributed by atoms with E-state index in [1.54, 1.807) is 24.5 Å². The number of pyridine rings is 1. The molecule has 1 aromatic carbocycles. The third kappa shape index (κ3) is 6.50. The number of rotatable bonds is 7. The predicted octanol–water partition coefficient (Wildman–Crippen LogP) is 0.869. The minimum absolute atomic E-state index is 0.0156. The van der Waals surface area contributed by atoms with Crippen molar-refractivity contribution < 1.29 is 9.59 Å². The number of carbonyl (C=O) groups excluding carboxylic acids is 2. The van der Waals surface area contributed by atoms with Gasteiger partial charge in [-0.2, -0.15) is 0 Å². The number of carbonyl (C=O) groups is 2. The van der Waals surface area contributed by atoms with Crippen molar-refractivity contribution in [2.24, 2.45) is 0 Å².